The van der Waals surface area contributed by atoms with Gasteiger partial charge < -0.3 is 36.8 Å². The van der Waals surface area contributed by atoms with Crippen LogP contribution in [0.3, 0.4) is 0 Å². The number of carboxylic acids is 1. The van der Waals surface area contributed by atoms with Crippen LogP contribution in [0.25, 0.3) is 0 Å². The lowest BCUT2D eigenvalue weighted by Gasteiger charge is -2.33. The second-order valence-corrected chi connectivity index (χ2v) is 17.4. The van der Waals surface area contributed by atoms with Crippen molar-refractivity contribution in [3.05, 3.63) is 29.8 Å². The Balaban J connectivity index is 2.33. The number of rotatable bonds is 27. The SMILES string of the molecule is CCN(CC)CCCCC(=O)C[C@@H](CCCN=C(N)N)C(=O)N1CCC[C@H]1C(=O)C[C@@H](Cc1ccc(O)cc1)C(=O)N[C@H](C(=O)C[C@@H](CC(C)C)C(=O)O)C(C)(C)C. The van der Waals surface area contributed by atoms with Crippen molar-refractivity contribution in [3.63, 3.8) is 0 Å². The molecule has 2 rings (SSSR count). The minimum absolute atomic E-state index is 0.00530. The molecule has 1 aromatic carbocycles. The number of nitrogens with zero attached hydrogens (tertiary/aromatic N) is 3. The molecule has 0 aromatic heterocycles. The maximum Gasteiger partial charge on any atom is 0.306 e. The molecule has 5 atom stereocenters. The number of hydrogen-bond donors (Lipinski definition) is 5. The van der Waals surface area contributed by atoms with Gasteiger partial charge in [-0.05, 0) is 100 Å². The Morgan fingerprint density at radius 2 is 1.59 bits per heavy atom. The quantitative estimate of drug-likeness (QED) is 0.0457. The van der Waals surface area contributed by atoms with Gasteiger partial charge in [0.1, 0.15) is 11.5 Å². The van der Waals surface area contributed by atoms with Gasteiger partial charge in [0.05, 0.1) is 18.0 Å². The van der Waals surface area contributed by atoms with Crippen LogP contribution in [-0.4, -0.2) is 106 Å². The molecule has 14 nitrogen and oxygen atoms in total. The van der Waals surface area contributed by atoms with Gasteiger partial charge in [0, 0.05) is 50.6 Å². The fourth-order valence-corrected chi connectivity index (χ4v) is 7.83. The third-order valence-electron chi connectivity index (χ3n) is 11.1. The first-order chi connectivity index (χ1) is 27.3. The zero-order valence-corrected chi connectivity index (χ0v) is 36.1. The zero-order chi connectivity index (χ0) is 43.6. The average molecular weight is 813 g/mol. The average Bonchev–Trinajstić information content (AvgIpc) is 3.64. The van der Waals surface area contributed by atoms with Gasteiger partial charge in [0.2, 0.25) is 11.8 Å². The van der Waals surface area contributed by atoms with Gasteiger partial charge in [-0.3, -0.25) is 33.8 Å². The highest BCUT2D eigenvalue weighted by Gasteiger charge is 2.40. The second-order valence-electron chi connectivity index (χ2n) is 17.4. The molecule has 1 aliphatic rings. The summed E-state index contributed by atoms with van der Waals surface area (Å²) in [7, 11) is 0. The van der Waals surface area contributed by atoms with E-state index in [2.05, 4.69) is 29.1 Å². The molecule has 0 saturated carbocycles. The van der Waals surface area contributed by atoms with E-state index in [0.717, 1.165) is 32.5 Å². The van der Waals surface area contributed by atoms with Crippen molar-refractivity contribution in [1.29, 1.82) is 0 Å². The van der Waals surface area contributed by atoms with E-state index in [4.69, 9.17) is 11.5 Å². The first kappa shape index (κ1) is 49.8. The number of ketones is 3. The van der Waals surface area contributed by atoms with Crippen LogP contribution in [0.15, 0.2) is 29.3 Å². The number of carbonyl (C=O) groups is 6. The maximum atomic E-state index is 14.3. The van der Waals surface area contributed by atoms with E-state index < -0.39 is 52.9 Å². The van der Waals surface area contributed by atoms with Crippen molar-refractivity contribution in [2.24, 2.45) is 45.5 Å². The molecule has 0 radical (unpaired) electrons. The third kappa shape index (κ3) is 17.3. The summed E-state index contributed by atoms with van der Waals surface area (Å²) in [5.74, 6) is -5.05. The summed E-state index contributed by atoms with van der Waals surface area (Å²) in [6.45, 7) is 16.8. The fraction of sp³-hybridized carbons (Fsp3) is 0.705. The summed E-state index contributed by atoms with van der Waals surface area (Å²) in [4.78, 5) is 89.6. The van der Waals surface area contributed by atoms with Crippen LogP contribution in [-0.2, 0) is 35.2 Å². The summed E-state index contributed by atoms with van der Waals surface area (Å²) in [5.41, 5.74) is 10.9. The predicted molar refractivity (Wildman–Crippen MR) is 226 cm³/mol. The van der Waals surface area contributed by atoms with Crippen molar-refractivity contribution in [3.8, 4) is 5.75 Å². The first-order valence-corrected chi connectivity index (χ1v) is 21.2. The number of aromatic hydroxyl groups is 1. The summed E-state index contributed by atoms with van der Waals surface area (Å²) < 4.78 is 0. The summed E-state index contributed by atoms with van der Waals surface area (Å²) in [6.07, 6.45) is 3.80. The molecule has 1 aromatic rings. The Morgan fingerprint density at radius 1 is 0.931 bits per heavy atom. The van der Waals surface area contributed by atoms with Crippen LogP contribution in [0.4, 0.5) is 0 Å². The second kappa shape index (κ2) is 24.6. The number of guanidine groups is 1. The van der Waals surface area contributed by atoms with Gasteiger partial charge in [0.25, 0.3) is 0 Å². The van der Waals surface area contributed by atoms with Crippen molar-refractivity contribution in [2.75, 3.05) is 32.7 Å². The van der Waals surface area contributed by atoms with Crippen LogP contribution in [0.2, 0.25) is 0 Å². The Morgan fingerprint density at radius 3 is 2.16 bits per heavy atom. The molecule has 0 bridgehead atoms. The monoisotopic (exact) mass is 813 g/mol. The minimum Gasteiger partial charge on any atom is -0.508 e. The number of amides is 2. The molecule has 0 unspecified atom stereocenters. The molecule has 58 heavy (non-hydrogen) atoms. The molecular formula is C44H72N6O8. The molecule has 14 heteroatoms. The highest BCUT2D eigenvalue weighted by atomic mass is 16.4. The number of carbonyl (C=O) groups excluding carboxylic acids is 5. The van der Waals surface area contributed by atoms with Gasteiger partial charge in [-0.25, -0.2) is 0 Å². The van der Waals surface area contributed by atoms with Crippen molar-refractivity contribution in [1.82, 2.24) is 15.1 Å². The van der Waals surface area contributed by atoms with Crippen LogP contribution >= 0.6 is 0 Å². The smallest absolute Gasteiger partial charge is 0.306 e. The lowest BCUT2D eigenvalue weighted by molar-refractivity contribution is -0.145. The van der Waals surface area contributed by atoms with Crippen LogP contribution in [0, 0.1) is 29.1 Å². The standard InChI is InChI=1S/C44H72N6O8/c1-8-49(9-2)22-11-10-15-35(52)26-31(14-12-21-47-43(45)46)41(56)50-23-13-16-36(50)37(53)27-32(25-30-17-19-34(51)20-18-30)40(55)48-39(44(5,6)7)38(54)28-33(42(57)58)24-29(3)4/h17-20,29,31-33,36,39,51H,8-16,21-28H2,1-7H3,(H,48,55)(H,57,58)(H4,45,46,47)/t31-,32-,33-,36+,39-/m1/s1. The van der Waals surface area contributed by atoms with Gasteiger partial charge in [-0.1, -0.05) is 60.6 Å². The third-order valence-corrected chi connectivity index (χ3v) is 11.1. The zero-order valence-electron chi connectivity index (χ0n) is 36.1. The molecule has 2 amide bonds. The number of nitrogens with two attached hydrogens (primary N) is 2. The summed E-state index contributed by atoms with van der Waals surface area (Å²) in [6, 6.07) is 4.49. The molecule has 0 aliphatic carbocycles. The van der Waals surface area contributed by atoms with E-state index in [-0.39, 0.29) is 60.8 Å². The number of aliphatic imine (C=N–C) groups is 1. The fourth-order valence-electron chi connectivity index (χ4n) is 7.83. The number of hydrogen-bond acceptors (Lipinski definition) is 9. The first-order valence-electron chi connectivity index (χ1n) is 21.2. The normalized spacial score (nSPS) is 16.4. The molecule has 326 valence electrons. The van der Waals surface area contributed by atoms with Crippen LogP contribution < -0.4 is 16.8 Å². The lowest BCUT2D eigenvalue weighted by atomic mass is 9.80. The number of Topliss-reactive ketones (excluding diaryl/α,β-unsaturated/α-hetero) is 3. The van der Waals surface area contributed by atoms with Crippen molar-refractivity contribution < 1.29 is 39.0 Å². The van der Waals surface area contributed by atoms with E-state index in [9.17, 15) is 39.0 Å². The van der Waals surface area contributed by atoms with E-state index >= 15 is 0 Å². The molecule has 1 fully saturated rings. The van der Waals surface area contributed by atoms with Crippen molar-refractivity contribution >= 4 is 41.1 Å². The van der Waals surface area contributed by atoms with Gasteiger partial charge >= 0.3 is 5.97 Å². The predicted octanol–water partition coefficient (Wildman–Crippen LogP) is 4.88. The maximum absolute atomic E-state index is 14.3. The van der Waals surface area contributed by atoms with Crippen molar-refractivity contribution in [2.45, 2.75) is 138 Å². The number of phenolic OH excluding ortho intramolecular Hbond substituents is 1. The highest BCUT2D eigenvalue weighted by Crippen LogP contribution is 2.29. The van der Waals surface area contributed by atoms with Gasteiger partial charge in [0.15, 0.2) is 17.5 Å². The number of carboxylic acid groups (broad SMARTS) is 1. The summed E-state index contributed by atoms with van der Waals surface area (Å²) >= 11 is 0. The molecule has 1 saturated heterocycles. The van der Waals surface area contributed by atoms with Gasteiger partial charge in [-0.2, -0.15) is 0 Å². The Hall–Kier alpha value is -4.33. The Bertz CT molecular complexity index is 1530. The van der Waals surface area contributed by atoms with E-state index in [1.807, 2.05) is 13.8 Å². The lowest BCUT2D eigenvalue weighted by Crippen LogP contribution is -2.52. The van der Waals surface area contributed by atoms with E-state index in [1.165, 1.54) is 12.1 Å². The highest BCUT2D eigenvalue weighted by molar-refractivity contribution is 5.96. The minimum atomic E-state index is -1.07. The van der Waals surface area contributed by atoms with Crippen LogP contribution in [0.1, 0.15) is 125 Å². The molecule has 1 aliphatic heterocycles. The summed E-state index contributed by atoms with van der Waals surface area (Å²) in [5, 5.41) is 22.6. The number of aliphatic carboxylic acids is 1. The molecule has 1 heterocycles. The number of unbranched alkanes of at least 4 members (excludes halogenated alkanes) is 1. The van der Waals surface area contributed by atoms with Gasteiger partial charge in [-0.15, -0.1) is 0 Å². The number of likely N-dealkylation sites (tertiary alicyclic amines) is 1. The number of nitrogens with one attached hydrogen (secondary N) is 1. The molecule has 0 spiro atoms. The molecule has 7 N–H and O–H groups in total. The largest absolute Gasteiger partial charge is 0.508 e. The topological polar surface area (TPSA) is 226 Å². The van der Waals surface area contributed by atoms with E-state index in [0.29, 0.717) is 57.2 Å². The number of phenols is 1. The Kier molecular flexibility index (Phi) is 21.1. The molecular weight excluding hydrogens is 741 g/mol. The van der Waals surface area contributed by atoms with Crippen LogP contribution in [0.5, 0.6) is 5.75 Å². The Labute approximate surface area is 345 Å². The van der Waals surface area contributed by atoms with E-state index in [1.54, 1.807) is 37.8 Å². The number of benzene rings is 1.